The number of aliphatic hydroxyl groups is 1. The maximum atomic E-state index is 13.7. The molecule has 1 fully saturated rings. The zero-order chi connectivity index (χ0) is 35.1. The van der Waals surface area contributed by atoms with Crippen molar-refractivity contribution in [3.63, 3.8) is 0 Å². The summed E-state index contributed by atoms with van der Waals surface area (Å²) < 4.78 is 5.79. The molecule has 6 N–H and O–H groups in total. The number of unbranched alkanes of at least 4 members (excludes halogenated alkanes) is 2. The first-order valence-electron chi connectivity index (χ1n) is 16.7. The van der Waals surface area contributed by atoms with E-state index in [1.165, 1.54) is 6.92 Å². The first kappa shape index (κ1) is 39.2. The van der Waals surface area contributed by atoms with Crippen LogP contribution in [0.4, 0.5) is 0 Å². The first-order valence-corrected chi connectivity index (χ1v) is 16.7. The summed E-state index contributed by atoms with van der Waals surface area (Å²) in [4.78, 5) is 80.0. The molecule has 1 heterocycles. The van der Waals surface area contributed by atoms with Gasteiger partial charge in [0.1, 0.15) is 30.3 Å². The van der Waals surface area contributed by atoms with Crippen molar-refractivity contribution in [3.05, 3.63) is 35.9 Å². The van der Waals surface area contributed by atoms with E-state index in [-0.39, 0.29) is 18.8 Å². The standard InChI is InChI=1S/C34H53N5O8/c1-7-9-11-16-24-18-26(41)35-19-27(42)37-28(20(3)4)32(44)36-25(17-23-14-12-10-13-15-23)31(43)39-30(22(6)40)33(45)38-29(21(5)8-2)34(46)47-24/h10,12-15,20-22,24-25,28-30,40H,7-9,11,16-19H2,1-6H3,(H,35,41)(H,36,44)(H,37,42)(H,38,45)(H,39,43). The predicted molar refractivity (Wildman–Crippen MR) is 175 cm³/mol. The van der Waals surface area contributed by atoms with Crippen molar-refractivity contribution in [3.8, 4) is 0 Å². The van der Waals surface area contributed by atoms with Crippen molar-refractivity contribution in [1.82, 2.24) is 26.6 Å². The number of aliphatic hydroxyl groups excluding tert-OH is 1. The third-order valence-electron chi connectivity index (χ3n) is 8.28. The van der Waals surface area contributed by atoms with Crippen LogP contribution in [0.1, 0.15) is 85.6 Å². The molecule has 2 rings (SSSR count). The number of benzene rings is 1. The van der Waals surface area contributed by atoms with E-state index in [0.717, 1.165) is 12.8 Å². The lowest BCUT2D eigenvalue weighted by Crippen LogP contribution is -2.61. The minimum Gasteiger partial charge on any atom is -0.460 e. The summed E-state index contributed by atoms with van der Waals surface area (Å²) in [7, 11) is 0. The van der Waals surface area contributed by atoms with E-state index < -0.39 is 84.3 Å². The van der Waals surface area contributed by atoms with E-state index >= 15 is 0 Å². The number of esters is 1. The van der Waals surface area contributed by atoms with Gasteiger partial charge in [-0.15, -0.1) is 0 Å². The molecule has 1 aliphatic rings. The van der Waals surface area contributed by atoms with Crippen molar-refractivity contribution in [2.24, 2.45) is 11.8 Å². The van der Waals surface area contributed by atoms with Gasteiger partial charge in [0.05, 0.1) is 19.1 Å². The van der Waals surface area contributed by atoms with Crippen molar-refractivity contribution in [2.45, 2.75) is 123 Å². The fourth-order valence-corrected chi connectivity index (χ4v) is 5.17. The molecule has 13 nitrogen and oxygen atoms in total. The summed E-state index contributed by atoms with van der Waals surface area (Å²) in [6, 6.07) is 4.03. The van der Waals surface area contributed by atoms with Crippen molar-refractivity contribution < 1.29 is 38.6 Å². The second-order valence-electron chi connectivity index (χ2n) is 12.7. The number of hydrogen-bond donors (Lipinski definition) is 6. The Bertz CT molecular complexity index is 1210. The van der Waals surface area contributed by atoms with Gasteiger partial charge >= 0.3 is 5.97 Å². The highest BCUT2D eigenvalue weighted by Gasteiger charge is 2.36. The molecule has 1 saturated heterocycles. The number of cyclic esters (lactones) is 1. The summed E-state index contributed by atoms with van der Waals surface area (Å²) in [5, 5.41) is 23.7. The highest BCUT2D eigenvalue weighted by molar-refractivity contribution is 5.96. The summed E-state index contributed by atoms with van der Waals surface area (Å²) in [5.74, 6) is -4.87. The van der Waals surface area contributed by atoms with Crippen LogP contribution in [0.25, 0.3) is 0 Å². The van der Waals surface area contributed by atoms with Crippen LogP contribution in [0.15, 0.2) is 30.3 Å². The second-order valence-corrected chi connectivity index (χ2v) is 12.7. The van der Waals surface area contributed by atoms with Crippen LogP contribution in [0.5, 0.6) is 0 Å². The Labute approximate surface area is 277 Å². The number of carbonyl (C=O) groups excluding carboxylic acids is 6. The Kier molecular flexibility index (Phi) is 16.3. The maximum Gasteiger partial charge on any atom is 0.329 e. The molecule has 0 bridgehead atoms. The molecule has 0 saturated carbocycles. The van der Waals surface area contributed by atoms with E-state index in [2.05, 4.69) is 26.6 Å². The molecule has 7 atom stereocenters. The SMILES string of the molecule is CCCCCC1CC(=O)NCC(=O)NC(C(C)C)C(=O)NC(Cc2ccccc2)C(=O)NC(C(C)O)C(=O)NC(C(C)CC)C(=O)O1. The third-order valence-corrected chi connectivity index (χ3v) is 8.28. The molecule has 13 heteroatoms. The van der Waals surface area contributed by atoms with Gasteiger partial charge in [-0.1, -0.05) is 84.2 Å². The second kappa shape index (κ2) is 19.6. The van der Waals surface area contributed by atoms with Crippen LogP contribution in [0.3, 0.4) is 0 Å². The number of ether oxygens (including phenoxy) is 1. The molecule has 0 aliphatic carbocycles. The molecule has 1 aromatic rings. The Morgan fingerprint density at radius 2 is 1.43 bits per heavy atom. The van der Waals surface area contributed by atoms with Gasteiger partial charge in [0.25, 0.3) is 0 Å². The molecular weight excluding hydrogens is 606 g/mol. The molecule has 1 aliphatic heterocycles. The maximum absolute atomic E-state index is 13.7. The quantitative estimate of drug-likeness (QED) is 0.160. The largest absolute Gasteiger partial charge is 0.460 e. The lowest BCUT2D eigenvalue weighted by atomic mass is 9.97. The number of carbonyl (C=O) groups is 6. The van der Waals surface area contributed by atoms with Gasteiger partial charge in [-0.3, -0.25) is 24.0 Å². The smallest absolute Gasteiger partial charge is 0.329 e. The monoisotopic (exact) mass is 659 g/mol. The van der Waals surface area contributed by atoms with Gasteiger partial charge in [-0.25, -0.2) is 4.79 Å². The van der Waals surface area contributed by atoms with E-state index in [0.29, 0.717) is 24.8 Å². The van der Waals surface area contributed by atoms with Gasteiger partial charge in [-0.05, 0) is 37.2 Å². The average molecular weight is 660 g/mol. The Morgan fingerprint density at radius 1 is 0.787 bits per heavy atom. The van der Waals surface area contributed by atoms with E-state index in [1.54, 1.807) is 51.1 Å². The van der Waals surface area contributed by atoms with E-state index in [4.69, 9.17) is 4.74 Å². The zero-order valence-corrected chi connectivity index (χ0v) is 28.5. The average Bonchev–Trinajstić information content (AvgIpc) is 3.02. The third kappa shape index (κ3) is 13.0. The fourth-order valence-electron chi connectivity index (χ4n) is 5.17. The number of hydrogen-bond acceptors (Lipinski definition) is 8. The Morgan fingerprint density at radius 3 is 2.02 bits per heavy atom. The highest BCUT2D eigenvalue weighted by atomic mass is 16.5. The van der Waals surface area contributed by atoms with Gasteiger partial charge in [0.2, 0.25) is 29.5 Å². The van der Waals surface area contributed by atoms with Gasteiger partial charge in [0.15, 0.2) is 0 Å². The molecule has 0 aromatic heterocycles. The Hall–Kier alpha value is -4.00. The summed E-state index contributed by atoms with van der Waals surface area (Å²) in [5.41, 5.74) is 0.713. The van der Waals surface area contributed by atoms with Crippen LogP contribution >= 0.6 is 0 Å². The highest BCUT2D eigenvalue weighted by Crippen LogP contribution is 2.16. The normalized spacial score (nSPS) is 25.5. The number of amides is 5. The molecule has 7 unspecified atom stereocenters. The predicted octanol–water partition coefficient (Wildman–Crippen LogP) is 1.26. The molecule has 0 radical (unpaired) electrons. The van der Waals surface area contributed by atoms with E-state index in [1.807, 2.05) is 13.8 Å². The molecule has 47 heavy (non-hydrogen) atoms. The lowest BCUT2D eigenvalue weighted by molar-refractivity contribution is -0.156. The van der Waals surface area contributed by atoms with E-state index in [9.17, 15) is 33.9 Å². The van der Waals surface area contributed by atoms with Gasteiger partial charge < -0.3 is 36.4 Å². The molecule has 1 aromatic carbocycles. The zero-order valence-electron chi connectivity index (χ0n) is 28.5. The van der Waals surface area contributed by atoms with Crippen LogP contribution in [0.2, 0.25) is 0 Å². The van der Waals surface area contributed by atoms with Crippen LogP contribution in [-0.4, -0.2) is 83.5 Å². The van der Waals surface area contributed by atoms with Crippen LogP contribution in [-0.2, 0) is 39.9 Å². The number of rotatable bonds is 10. The molecular formula is C34H53N5O8. The first-order chi connectivity index (χ1) is 22.3. The molecule has 262 valence electrons. The van der Waals surface area contributed by atoms with Crippen molar-refractivity contribution in [1.29, 1.82) is 0 Å². The van der Waals surface area contributed by atoms with Crippen molar-refractivity contribution in [2.75, 3.05) is 6.54 Å². The summed E-state index contributed by atoms with van der Waals surface area (Å²) in [6.07, 6.45) is 0.980. The van der Waals surface area contributed by atoms with Crippen molar-refractivity contribution >= 4 is 35.5 Å². The molecule has 5 amide bonds. The Balaban J connectivity index is 2.52. The minimum absolute atomic E-state index is 0.0443. The summed E-state index contributed by atoms with van der Waals surface area (Å²) in [6.45, 7) is 9.97. The van der Waals surface area contributed by atoms with Crippen LogP contribution < -0.4 is 26.6 Å². The topological polar surface area (TPSA) is 192 Å². The summed E-state index contributed by atoms with van der Waals surface area (Å²) >= 11 is 0. The minimum atomic E-state index is -1.48. The van der Waals surface area contributed by atoms with Crippen LogP contribution in [0, 0.1) is 11.8 Å². The number of nitrogens with one attached hydrogen (secondary N) is 5. The van der Waals surface area contributed by atoms with Gasteiger partial charge in [-0.2, -0.15) is 0 Å². The van der Waals surface area contributed by atoms with Gasteiger partial charge in [0, 0.05) is 6.42 Å². The lowest BCUT2D eigenvalue weighted by Gasteiger charge is -2.29. The molecule has 0 spiro atoms. The fraction of sp³-hybridized carbons (Fsp3) is 0.647.